The average molecular weight is 229 g/mol. The lowest BCUT2D eigenvalue weighted by molar-refractivity contribution is 0.155. The molecule has 0 fully saturated rings. The molecule has 17 heavy (non-hydrogen) atoms. The second kappa shape index (κ2) is 5.60. The molecular formula is C12H11N3O2. The van der Waals surface area contributed by atoms with Crippen LogP contribution in [0.4, 0.5) is 10.5 Å². The second-order valence-electron chi connectivity index (χ2n) is 3.29. The van der Waals surface area contributed by atoms with Gasteiger partial charge in [0.25, 0.3) is 0 Å². The highest BCUT2D eigenvalue weighted by atomic mass is 16.5. The van der Waals surface area contributed by atoms with Gasteiger partial charge in [-0.25, -0.2) is 4.79 Å². The summed E-state index contributed by atoms with van der Waals surface area (Å²) in [6.07, 6.45) is 6.00. The van der Waals surface area contributed by atoms with Crippen molar-refractivity contribution in [3.05, 3.63) is 54.6 Å². The number of anilines is 1. The lowest BCUT2D eigenvalue weighted by Gasteiger charge is -2.06. The number of pyridine rings is 2. The van der Waals surface area contributed by atoms with Crippen molar-refractivity contribution in [1.82, 2.24) is 9.97 Å². The lowest BCUT2D eigenvalue weighted by Crippen LogP contribution is -2.13. The molecule has 0 atom stereocenters. The molecule has 1 amide bonds. The SMILES string of the molecule is O=C(Nc1ccncc1)OCc1ccncc1. The van der Waals surface area contributed by atoms with E-state index in [1.165, 1.54) is 0 Å². The normalized spacial score (nSPS) is 9.65. The smallest absolute Gasteiger partial charge is 0.411 e. The fourth-order valence-electron chi connectivity index (χ4n) is 1.22. The highest BCUT2D eigenvalue weighted by Gasteiger charge is 2.02. The van der Waals surface area contributed by atoms with E-state index < -0.39 is 6.09 Å². The number of rotatable bonds is 3. The van der Waals surface area contributed by atoms with Crippen molar-refractivity contribution in [3.8, 4) is 0 Å². The maximum Gasteiger partial charge on any atom is 0.411 e. The molecular weight excluding hydrogens is 218 g/mol. The zero-order valence-corrected chi connectivity index (χ0v) is 9.04. The summed E-state index contributed by atoms with van der Waals surface area (Å²) in [7, 11) is 0. The third-order valence-corrected chi connectivity index (χ3v) is 2.05. The van der Waals surface area contributed by atoms with Crippen LogP contribution in [-0.4, -0.2) is 16.1 Å². The highest BCUT2D eigenvalue weighted by Crippen LogP contribution is 2.05. The minimum absolute atomic E-state index is 0.222. The first-order valence-electron chi connectivity index (χ1n) is 5.07. The van der Waals surface area contributed by atoms with Crippen molar-refractivity contribution in [1.29, 1.82) is 0 Å². The number of nitrogens with one attached hydrogen (secondary N) is 1. The van der Waals surface area contributed by atoms with Crippen LogP contribution in [0.15, 0.2) is 49.1 Å². The molecule has 1 N–H and O–H groups in total. The Kier molecular flexibility index (Phi) is 3.64. The summed E-state index contributed by atoms with van der Waals surface area (Å²) < 4.78 is 5.03. The van der Waals surface area contributed by atoms with Crippen LogP contribution in [0.5, 0.6) is 0 Å². The van der Waals surface area contributed by atoms with Crippen molar-refractivity contribution in [3.63, 3.8) is 0 Å². The Morgan fingerprint density at radius 3 is 2.29 bits per heavy atom. The van der Waals surface area contributed by atoms with Gasteiger partial charge in [-0.05, 0) is 29.8 Å². The Morgan fingerprint density at radius 2 is 1.65 bits per heavy atom. The first kappa shape index (κ1) is 11.1. The number of carbonyl (C=O) groups excluding carboxylic acids is 1. The number of nitrogens with zero attached hydrogens (tertiary/aromatic N) is 2. The summed E-state index contributed by atoms with van der Waals surface area (Å²) in [6, 6.07) is 6.96. The van der Waals surface area contributed by atoms with Crippen LogP contribution in [0, 0.1) is 0 Å². The molecule has 0 aromatic carbocycles. The van der Waals surface area contributed by atoms with E-state index in [0.717, 1.165) is 5.56 Å². The molecule has 0 spiro atoms. The zero-order valence-electron chi connectivity index (χ0n) is 9.04. The number of hydrogen-bond donors (Lipinski definition) is 1. The summed E-state index contributed by atoms with van der Waals surface area (Å²) in [4.78, 5) is 19.1. The van der Waals surface area contributed by atoms with E-state index in [9.17, 15) is 4.79 Å². The Hall–Kier alpha value is -2.43. The zero-order chi connectivity index (χ0) is 11.9. The lowest BCUT2D eigenvalue weighted by atomic mass is 10.3. The monoisotopic (exact) mass is 229 g/mol. The predicted octanol–water partition coefficient (Wildman–Crippen LogP) is 2.23. The van der Waals surface area contributed by atoms with Gasteiger partial charge in [0, 0.05) is 30.5 Å². The molecule has 5 nitrogen and oxygen atoms in total. The third kappa shape index (κ3) is 3.57. The minimum Gasteiger partial charge on any atom is -0.444 e. The van der Waals surface area contributed by atoms with E-state index in [4.69, 9.17) is 4.74 Å². The topological polar surface area (TPSA) is 64.1 Å². The molecule has 2 aromatic rings. The molecule has 2 rings (SSSR count). The van der Waals surface area contributed by atoms with Crippen LogP contribution in [-0.2, 0) is 11.3 Å². The first-order valence-corrected chi connectivity index (χ1v) is 5.07. The molecule has 86 valence electrons. The van der Waals surface area contributed by atoms with Crippen LogP contribution in [0.1, 0.15) is 5.56 Å². The maximum absolute atomic E-state index is 11.4. The molecule has 0 aliphatic heterocycles. The summed E-state index contributed by atoms with van der Waals surface area (Å²) >= 11 is 0. The average Bonchev–Trinajstić information content (AvgIpc) is 2.39. The van der Waals surface area contributed by atoms with Crippen molar-refractivity contribution >= 4 is 11.8 Å². The second-order valence-corrected chi connectivity index (χ2v) is 3.29. The van der Waals surface area contributed by atoms with E-state index in [0.29, 0.717) is 5.69 Å². The molecule has 2 heterocycles. The number of hydrogen-bond acceptors (Lipinski definition) is 4. The number of ether oxygens (including phenoxy) is 1. The first-order chi connectivity index (χ1) is 8.34. The van der Waals surface area contributed by atoms with Gasteiger partial charge in [-0.15, -0.1) is 0 Å². The number of amides is 1. The van der Waals surface area contributed by atoms with Gasteiger partial charge < -0.3 is 4.74 Å². The largest absolute Gasteiger partial charge is 0.444 e. The van der Waals surface area contributed by atoms with E-state index in [1.807, 2.05) is 0 Å². The van der Waals surface area contributed by atoms with Crippen LogP contribution >= 0.6 is 0 Å². The fraction of sp³-hybridized carbons (Fsp3) is 0.0833. The van der Waals surface area contributed by atoms with Crippen LogP contribution < -0.4 is 5.32 Å². The van der Waals surface area contributed by atoms with E-state index >= 15 is 0 Å². The molecule has 0 aliphatic carbocycles. The molecule has 0 aliphatic rings. The molecule has 0 saturated carbocycles. The van der Waals surface area contributed by atoms with Crippen molar-refractivity contribution < 1.29 is 9.53 Å². The van der Waals surface area contributed by atoms with Gasteiger partial charge in [0.2, 0.25) is 0 Å². The van der Waals surface area contributed by atoms with Crippen LogP contribution in [0.25, 0.3) is 0 Å². The summed E-state index contributed by atoms with van der Waals surface area (Å²) in [5, 5.41) is 2.60. The summed E-state index contributed by atoms with van der Waals surface area (Å²) in [5.74, 6) is 0. The van der Waals surface area contributed by atoms with E-state index in [1.54, 1.807) is 49.1 Å². The molecule has 0 saturated heterocycles. The highest BCUT2D eigenvalue weighted by molar-refractivity contribution is 5.84. The molecule has 0 radical (unpaired) electrons. The molecule has 0 unspecified atom stereocenters. The predicted molar refractivity (Wildman–Crippen MR) is 62.3 cm³/mol. The van der Waals surface area contributed by atoms with Crippen molar-refractivity contribution in [2.75, 3.05) is 5.32 Å². The minimum atomic E-state index is -0.493. The third-order valence-electron chi connectivity index (χ3n) is 2.05. The van der Waals surface area contributed by atoms with Gasteiger partial charge in [-0.3, -0.25) is 15.3 Å². The Bertz CT molecular complexity index is 474. The molecule has 5 heteroatoms. The summed E-state index contributed by atoms with van der Waals surface area (Å²) in [6.45, 7) is 0.222. The van der Waals surface area contributed by atoms with Gasteiger partial charge in [-0.1, -0.05) is 0 Å². The van der Waals surface area contributed by atoms with Gasteiger partial charge in [-0.2, -0.15) is 0 Å². The number of carbonyl (C=O) groups is 1. The Labute approximate surface area is 98.5 Å². The van der Waals surface area contributed by atoms with Crippen LogP contribution in [0.3, 0.4) is 0 Å². The Morgan fingerprint density at radius 1 is 1.06 bits per heavy atom. The fourth-order valence-corrected chi connectivity index (χ4v) is 1.22. The van der Waals surface area contributed by atoms with Gasteiger partial charge in [0.15, 0.2) is 0 Å². The van der Waals surface area contributed by atoms with Gasteiger partial charge in [0.1, 0.15) is 6.61 Å². The van der Waals surface area contributed by atoms with E-state index in [2.05, 4.69) is 15.3 Å². The van der Waals surface area contributed by atoms with Gasteiger partial charge >= 0.3 is 6.09 Å². The van der Waals surface area contributed by atoms with Crippen molar-refractivity contribution in [2.45, 2.75) is 6.61 Å². The quantitative estimate of drug-likeness (QED) is 0.876. The van der Waals surface area contributed by atoms with Crippen molar-refractivity contribution in [2.24, 2.45) is 0 Å². The van der Waals surface area contributed by atoms with Gasteiger partial charge in [0.05, 0.1) is 0 Å². The molecule has 2 aromatic heterocycles. The number of aromatic nitrogens is 2. The maximum atomic E-state index is 11.4. The Balaban J connectivity index is 1.83. The van der Waals surface area contributed by atoms with Crippen LogP contribution in [0.2, 0.25) is 0 Å². The summed E-state index contributed by atoms with van der Waals surface area (Å²) in [5.41, 5.74) is 1.55. The standard InChI is InChI=1S/C12H11N3O2/c16-12(15-11-3-7-14-8-4-11)17-9-10-1-5-13-6-2-10/h1-8H,9H2,(H,14,15,16). The van der Waals surface area contributed by atoms with E-state index in [-0.39, 0.29) is 6.61 Å². The molecule has 0 bridgehead atoms.